The monoisotopic (exact) mass is 317 g/mol. The maximum absolute atomic E-state index is 3.58. The average Bonchev–Trinajstić information content (AvgIpc) is 2.20. The normalized spacial score (nSPS) is 14.7. The standard InChI is InChI=1S/C13H20IN/c1-5-9(2)11(4)15-13-7-6-12(14)8-10(13)3/h6-9,11,15H,5H2,1-4H3. The van der Waals surface area contributed by atoms with Gasteiger partial charge in [-0.3, -0.25) is 0 Å². The van der Waals surface area contributed by atoms with Crippen LogP contribution in [0.3, 0.4) is 0 Å². The molecule has 0 radical (unpaired) electrons. The van der Waals surface area contributed by atoms with Gasteiger partial charge < -0.3 is 5.32 Å². The van der Waals surface area contributed by atoms with E-state index in [1.54, 1.807) is 0 Å². The molecule has 0 aliphatic carbocycles. The zero-order valence-corrected chi connectivity index (χ0v) is 12.1. The summed E-state index contributed by atoms with van der Waals surface area (Å²) in [5.74, 6) is 0.712. The van der Waals surface area contributed by atoms with Gasteiger partial charge >= 0.3 is 0 Å². The lowest BCUT2D eigenvalue weighted by Crippen LogP contribution is -2.23. The third kappa shape index (κ3) is 3.67. The highest BCUT2D eigenvalue weighted by atomic mass is 127. The van der Waals surface area contributed by atoms with Gasteiger partial charge in [-0.25, -0.2) is 0 Å². The fraction of sp³-hybridized carbons (Fsp3) is 0.538. The zero-order valence-electron chi connectivity index (χ0n) is 9.97. The van der Waals surface area contributed by atoms with Gasteiger partial charge in [-0.05, 0) is 66.1 Å². The predicted octanol–water partition coefficient (Wildman–Crippen LogP) is 4.45. The molecular weight excluding hydrogens is 297 g/mol. The van der Waals surface area contributed by atoms with Crippen molar-refractivity contribution in [3.8, 4) is 0 Å². The van der Waals surface area contributed by atoms with Crippen molar-refractivity contribution in [2.45, 2.75) is 40.2 Å². The van der Waals surface area contributed by atoms with Gasteiger partial charge in [0.1, 0.15) is 0 Å². The van der Waals surface area contributed by atoms with Gasteiger partial charge in [-0.2, -0.15) is 0 Å². The van der Waals surface area contributed by atoms with E-state index < -0.39 is 0 Å². The van der Waals surface area contributed by atoms with E-state index in [2.05, 4.69) is 73.8 Å². The van der Waals surface area contributed by atoms with Gasteiger partial charge in [0.2, 0.25) is 0 Å². The van der Waals surface area contributed by atoms with Crippen LogP contribution in [-0.2, 0) is 0 Å². The van der Waals surface area contributed by atoms with E-state index in [1.807, 2.05) is 0 Å². The van der Waals surface area contributed by atoms with Gasteiger partial charge in [0, 0.05) is 15.3 Å². The highest BCUT2D eigenvalue weighted by molar-refractivity contribution is 14.1. The summed E-state index contributed by atoms with van der Waals surface area (Å²) in [5, 5.41) is 3.58. The first-order chi connectivity index (χ1) is 7.04. The molecule has 1 aromatic carbocycles. The average molecular weight is 317 g/mol. The van der Waals surface area contributed by atoms with Crippen LogP contribution in [0.15, 0.2) is 18.2 Å². The van der Waals surface area contributed by atoms with Gasteiger partial charge in [0.25, 0.3) is 0 Å². The van der Waals surface area contributed by atoms with Crippen LogP contribution in [0.5, 0.6) is 0 Å². The Hall–Kier alpha value is -0.250. The number of hydrogen-bond donors (Lipinski definition) is 1. The number of benzene rings is 1. The van der Waals surface area contributed by atoms with Gasteiger partial charge in [-0.1, -0.05) is 20.3 Å². The molecule has 0 aliphatic heterocycles. The number of aryl methyl sites for hydroxylation is 1. The summed E-state index contributed by atoms with van der Waals surface area (Å²) in [6.45, 7) is 8.95. The fourth-order valence-corrected chi connectivity index (χ4v) is 2.18. The SMILES string of the molecule is CCC(C)C(C)Nc1ccc(I)cc1C. The van der Waals surface area contributed by atoms with Crippen molar-refractivity contribution in [3.63, 3.8) is 0 Å². The Morgan fingerprint density at radius 3 is 2.53 bits per heavy atom. The number of nitrogens with one attached hydrogen (secondary N) is 1. The number of hydrogen-bond acceptors (Lipinski definition) is 1. The molecule has 2 unspecified atom stereocenters. The minimum absolute atomic E-state index is 0.536. The molecule has 84 valence electrons. The number of rotatable bonds is 4. The molecule has 0 aromatic heterocycles. The molecule has 15 heavy (non-hydrogen) atoms. The van der Waals surface area contributed by atoms with E-state index >= 15 is 0 Å². The molecule has 1 aromatic rings. The first kappa shape index (κ1) is 12.8. The van der Waals surface area contributed by atoms with Crippen molar-refractivity contribution in [2.75, 3.05) is 5.32 Å². The third-order valence-electron chi connectivity index (χ3n) is 3.07. The molecule has 1 N–H and O–H groups in total. The minimum atomic E-state index is 0.536. The summed E-state index contributed by atoms with van der Waals surface area (Å²) in [4.78, 5) is 0. The lowest BCUT2D eigenvalue weighted by molar-refractivity contribution is 0.494. The van der Waals surface area contributed by atoms with E-state index in [4.69, 9.17) is 0 Å². The van der Waals surface area contributed by atoms with Crippen LogP contribution in [-0.4, -0.2) is 6.04 Å². The lowest BCUT2D eigenvalue weighted by atomic mass is 10.0. The van der Waals surface area contributed by atoms with Crippen LogP contribution in [0.1, 0.15) is 32.8 Å². The van der Waals surface area contributed by atoms with Crippen LogP contribution in [0.4, 0.5) is 5.69 Å². The Bertz CT molecular complexity index is 322. The first-order valence-electron chi connectivity index (χ1n) is 5.57. The molecule has 0 fully saturated rings. The van der Waals surface area contributed by atoms with Crippen molar-refractivity contribution in [3.05, 3.63) is 27.3 Å². The zero-order chi connectivity index (χ0) is 11.4. The summed E-state index contributed by atoms with van der Waals surface area (Å²) in [5.41, 5.74) is 2.60. The molecule has 0 saturated carbocycles. The first-order valence-corrected chi connectivity index (χ1v) is 6.65. The van der Waals surface area contributed by atoms with Gasteiger partial charge in [0.05, 0.1) is 0 Å². The van der Waals surface area contributed by atoms with Crippen LogP contribution < -0.4 is 5.32 Å². The Labute approximate surface area is 107 Å². The lowest BCUT2D eigenvalue weighted by Gasteiger charge is -2.22. The number of halogens is 1. The van der Waals surface area contributed by atoms with Crippen molar-refractivity contribution in [2.24, 2.45) is 5.92 Å². The second-order valence-electron chi connectivity index (χ2n) is 4.28. The predicted molar refractivity (Wildman–Crippen MR) is 76.4 cm³/mol. The molecular formula is C13H20IN. The van der Waals surface area contributed by atoms with Crippen molar-refractivity contribution in [1.82, 2.24) is 0 Å². The van der Waals surface area contributed by atoms with Crippen LogP contribution in [0, 0.1) is 16.4 Å². The molecule has 0 spiro atoms. The summed E-state index contributed by atoms with van der Waals surface area (Å²) in [7, 11) is 0. The molecule has 0 heterocycles. The van der Waals surface area contributed by atoms with E-state index in [0.717, 1.165) is 0 Å². The van der Waals surface area contributed by atoms with Crippen molar-refractivity contribution < 1.29 is 0 Å². The highest BCUT2D eigenvalue weighted by Gasteiger charge is 2.10. The smallest absolute Gasteiger partial charge is 0.0372 e. The summed E-state index contributed by atoms with van der Waals surface area (Å²) < 4.78 is 1.30. The molecule has 0 aliphatic rings. The maximum atomic E-state index is 3.58. The molecule has 1 rings (SSSR count). The molecule has 2 heteroatoms. The molecule has 2 atom stereocenters. The molecule has 0 amide bonds. The quantitative estimate of drug-likeness (QED) is 0.809. The van der Waals surface area contributed by atoms with Gasteiger partial charge in [0.15, 0.2) is 0 Å². The summed E-state index contributed by atoms with van der Waals surface area (Å²) in [6.07, 6.45) is 1.22. The molecule has 0 saturated heterocycles. The highest BCUT2D eigenvalue weighted by Crippen LogP contribution is 2.20. The topological polar surface area (TPSA) is 12.0 Å². The fourth-order valence-electron chi connectivity index (χ4n) is 1.53. The number of anilines is 1. The molecule has 0 bridgehead atoms. The van der Waals surface area contributed by atoms with E-state index in [-0.39, 0.29) is 0 Å². The Balaban J connectivity index is 2.72. The second-order valence-corrected chi connectivity index (χ2v) is 5.52. The maximum Gasteiger partial charge on any atom is 0.0372 e. The Kier molecular flexibility index (Phi) is 4.90. The third-order valence-corrected chi connectivity index (χ3v) is 3.74. The van der Waals surface area contributed by atoms with Crippen molar-refractivity contribution in [1.29, 1.82) is 0 Å². The summed E-state index contributed by atoms with van der Waals surface area (Å²) in [6, 6.07) is 7.08. The van der Waals surface area contributed by atoms with E-state index in [9.17, 15) is 0 Å². The van der Waals surface area contributed by atoms with Crippen LogP contribution in [0.25, 0.3) is 0 Å². The second kappa shape index (κ2) is 5.73. The van der Waals surface area contributed by atoms with Crippen LogP contribution >= 0.6 is 22.6 Å². The van der Waals surface area contributed by atoms with E-state index in [1.165, 1.54) is 21.2 Å². The van der Waals surface area contributed by atoms with Crippen molar-refractivity contribution >= 4 is 28.3 Å². The Morgan fingerprint density at radius 2 is 2.00 bits per heavy atom. The minimum Gasteiger partial charge on any atom is -0.382 e. The summed E-state index contributed by atoms with van der Waals surface area (Å²) >= 11 is 2.35. The Morgan fingerprint density at radius 1 is 1.33 bits per heavy atom. The van der Waals surface area contributed by atoms with E-state index in [0.29, 0.717) is 12.0 Å². The molecule has 1 nitrogen and oxygen atoms in total. The van der Waals surface area contributed by atoms with Crippen LogP contribution in [0.2, 0.25) is 0 Å². The largest absolute Gasteiger partial charge is 0.382 e. The van der Waals surface area contributed by atoms with Gasteiger partial charge in [-0.15, -0.1) is 0 Å².